The molecular weight excluding hydrogens is 500 g/mol. The molecule has 2 heterocycles. The van der Waals surface area contributed by atoms with E-state index in [0.717, 1.165) is 30.2 Å². The van der Waals surface area contributed by atoms with Crippen LogP contribution in [0.1, 0.15) is 61.3 Å². The summed E-state index contributed by atoms with van der Waals surface area (Å²) in [6.07, 6.45) is -5.64. The van der Waals surface area contributed by atoms with E-state index in [1.807, 2.05) is 0 Å². The average Bonchev–Trinajstić information content (AvgIpc) is 3.23. The molecule has 0 unspecified atom stereocenters. The van der Waals surface area contributed by atoms with E-state index in [1.165, 1.54) is 29.1 Å². The molecule has 5 rings (SSSR count). The van der Waals surface area contributed by atoms with E-state index in [2.05, 4.69) is 10.3 Å². The highest BCUT2D eigenvalue weighted by molar-refractivity contribution is 5.82. The van der Waals surface area contributed by atoms with E-state index in [-0.39, 0.29) is 41.4 Å². The van der Waals surface area contributed by atoms with Gasteiger partial charge in [-0.15, -0.1) is 0 Å². The first kappa shape index (κ1) is 25.8. The second-order valence-corrected chi connectivity index (χ2v) is 10.4. The van der Waals surface area contributed by atoms with E-state index in [0.29, 0.717) is 25.8 Å². The molecule has 5 nitrogen and oxygen atoms in total. The Morgan fingerprint density at radius 2 is 1.78 bits per heavy atom. The third-order valence-corrected chi connectivity index (χ3v) is 7.35. The molecule has 1 aliphatic heterocycles. The Hall–Kier alpha value is -2.79. The molecule has 1 saturated heterocycles. The Morgan fingerprint density at radius 3 is 2.41 bits per heavy atom. The number of rotatable bonds is 5. The first-order valence-electron chi connectivity index (χ1n) is 12.1. The zero-order valence-electron chi connectivity index (χ0n) is 20.0. The summed E-state index contributed by atoms with van der Waals surface area (Å²) in [7, 11) is 0. The molecule has 0 radical (unpaired) electrons. The van der Waals surface area contributed by atoms with Crippen LogP contribution < -0.4 is 10.1 Å². The predicted molar refractivity (Wildman–Crippen MR) is 124 cm³/mol. The Morgan fingerprint density at radius 1 is 1.08 bits per heavy atom. The van der Waals surface area contributed by atoms with E-state index in [1.54, 1.807) is 6.92 Å². The van der Waals surface area contributed by atoms with Crippen molar-refractivity contribution in [3.63, 3.8) is 0 Å². The predicted octanol–water partition coefficient (Wildman–Crippen LogP) is 6.07. The van der Waals surface area contributed by atoms with Gasteiger partial charge < -0.3 is 19.7 Å². The maximum Gasteiger partial charge on any atom is 0.418 e. The molecule has 1 aromatic heterocycles. The highest BCUT2D eigenvalue weighted by atomic mass is 19.4. The maximum absolute atomic E-state index is 14.0. The number of aliphatic hydroxyl groups is 1. The lowest BCUT2D eigenvalue weighted by Crippen LogP contribution is -2.41. The van der Waals surface area contributed by atoms with Crippen molar-refractivity contribution in [2.45, 2.75) is 68.6 Å². The van der Waals surface area contributed by atoms with Gasteiger partial charge in [0.15, 0.2) is 0 Å². The summed E-state index contributed by atoms with van der Waals surface area (Å²) in [6, 6.07) is 7.13. The van der Waals surface area contributed by atoms with Gasteiger partial charge in [-0.3, -0.25) is 0 Å². The number of nitrogens with zero attached hydrogens (tertiary/aromatic N) is 2. The molecule has 1 aliphatic carbocycles. The Balaban J connectivity index is 1.30. The summed E-state index contributed by atoms with van der Waals surface area (Å²) in [4.78, 5) is 4.18. The van der Waals surface area contributed by atoms with Crippen molar-refractivity contribution in [2.75, 3.05) is 13.2 Å². The molecule has 2 atom stereocenters. The fourth-order valence-electron chi connectivity index (χ4n) is 5.45. The zero-order chi connectivity index (χ0) is 26.6. The standard InChI is InChI=1S/C26H27F6N3O2/c1-24(36)11-19(12-24)35-14-34-22-10-20(9-21(23(22)35)26(30,31)32)37-13-18-8-16(6-7-33-18)15-2-4-17(5-3-15)25(27,28)29/h2-5,9-10,14,16,18-19,33,36H,6-8,11-13H2,1H3/t16-,18+,19?,24?/m1/s1. The van der Waals surface area contributed by atoms with Gasteiger partial charge in [0.25, 0.3) is 0 Å². The van der Waals surface area contributed by atoms with Crippen molar-refractivity contribution in [1.82, 2.24) is 14.9 Å². The SMILES string of the molecule is CC1(O)CC(n2cnc3cc(OC[C@@H]4C[C@H](c5ccc(C(F)(F)F)cc5)CCN4)cc(C(F)(F)F)c32)C1. The third-order valence-electron chi connectivity index (χ3n) is 7.35. The lowest BCUT2D eigenvalue weighted by molar-refractivity contribution is -0.138. The molecule has 2 fully saturated rings. The number of hydrogen-bond acceptors (Lipinski definition) is 4. The molecule has 0 amide bonds. The number of halogens is 6. The third kappa shape index (κ3) is 5.43. The lowest BCUT2D eigenvalue weighted by Gasteiger charge is -2.41. The van der Waals surface area contributed by atoms with Gasteiger partial charge in [-0.05, 0) is 68.8 Å². The van der Waals surface area contributed by atoms with Crippen molar-refractivity contribution in [2.24, 2.45) is 0 Å². The second kappa shape index (κ2) is 9.20. The van der Waals surface area contributed by atoms with Crippen LogP contribution in [0.2, 0.25) is 0 Å². The van der Waals surface area contributed by atoms with Gasteiger partial charge in [-0.1, -0.05) is 12.1 Å². The molecule has 1 saturated carbocycles. The smallest absolute Gasteiger partial charge is 0.418 e. The van der Waals surface area contributed by atoms with Gasteiger partial charge >= 0.3 is 12.4 Å². The van der Waals surface area contributed by atoms with Gasteiger partial charge in [0.1, 0.15) is 12.4 Å². The van der Waals surface area contributed by atoms with Gasteiger partial charge in [0.2, 0.25) is 0 Å². The summed E-state index contributed by atoms with van der Waals surface area (Å²) < 4.78 is 87.9. The van der Waals surface area contributed by atoms with E-state index >= 15 is 0 Å². The van der Waals surface area contributed by atoms with Crippen LogP contribution in [0.25, 0.3) is 11.0 Å². The minimum atomic E-state index is -4.63. The number of hydrogen-bond donors (Lipinski definition) is 2. The van der Waals surface area contributed by atoms with Crippen LogP contribution in [0.15, 0.2) is 42.7 Å². The van der Waals surface area contributed by atoms with Crippen LogP contribution in [-0.4, -0.2) is 39.5 Å². The molecule has 0 spiro atoms. The molecule has 2 aliphatic rings. The van der Waals surface area contributed by atoms with Crippen LogP contribution in [0.5, 0.6) is 5.75 Å². The summed E-state index contributed by atoms with van der Waals surface area (Å²) in [5, 5.41) is 13.3. The van der Waals surface area contributed by atoms with Crippen LogP contribution in [-0.2, 0) is 12.4 Å². The molecule has 0 bridgehead atoms. The number of nitrogens with one attached hydrogen (secondary N) is 1. The monoisotopic (exact) mass is 527 g/mol. The fourth-order valence-corrected chi connectivity index (χ4v) is 5.45. The molecule has 3 aromatic rings. The number of alkyl halides is 6. The first-order chi connectivity index (χ1) is 17.3. The Labute approximate surface area is 209 Å². The minimum absolute atomic E-state index is 0.0146. The normalized spacial score (nSPS) is 26.8. The molecule has 2 aromatic carbocycles. The quantitative estimate of drug-likeness (QED) is 0.395. The number of benzene rings is 2. The van der Waals surface area contributed by atoms with E-state index in [9.17, 15) is 31.4 Å². The van der Waals surface area contributed by atoms with Gasteiger partial charge in [-0.25, -0.2) is 4.98 Å². The molecule has 11 heteroatoms. The molecule has 2 N–H and O–H groups in total. The van der Waals surface area contributed by atoms with Crippen molar-refractivity contribution < 1.29 is 36.2 Å². The first-order valence-corrected chi connectivity index (χ1v) is 12.1. The van der Waals surface area contributed by atoms with E-state index in [4.69, 9.17) is 4.74 Å². The summed E-state index contributed by atoms with van der Waals surface area (Å²) in [5.41, 5.74) is -1.52. The molecule has 200 valence electrons. The van der Waals surface area contributed by atoms with Gasteiger partial charge in [0, 0.05) is 18.2 Å². The number of ether oxygens (including phenoxy) is 1. The number of imidazole rings is 1. The van der Waals surface area contributed by atoms with Crippen LogP contribution in [0.4, 0.5) is 26.3 Å². The summed E-state index contributed by atoms with van der Waals surface area (Å²) >= 11 is 0. The van der Waals surface area contributed by atoms with Crippen LogP contribution in [0, 0.1) is 0 Å². The number of aromatic nitrogens is 2. The highest BCUT2D eigenvalue weighted by Gasteiger charge is 2.42. The number of piperidine rings is 1. The zero-order valence-corrected chi connectivity index (χ0v) is 20.0. The largest absolute Gasteiger partial charge is 0.492 e. The Bertz CT molecular complexity index is 1260. The van der Waals surface area contributed by atoms with Gasteiger partial charge in [-0.2, -0.15) is 26.3 Å². The summed E-state index contributed by atoms with van der Waals surface area (Å²) in [5.74, 6) is 0.0601. The average molecular weight is 528 g/mol. The maximum atomic E-state index is 14.0. The van der Waals surface area contributed by atoms with Crippen molar-refractivity contribution >= 4 is 11.0 Å². The fraction of sp³-hybridized carbons (Fsp3) is 0.500. The Kier molecular flexibility index (Phi) is 6.42. The van der Waals surface area contributed by atoms with Crippen molar-refractivity contribution in [3.8, 4) is 5.75 Å². The van der Waals surface area contributed by atoms with Crippen LogP contribution >= 0.6 is 0 Å². The molecular formula is C26H27F6N3O2. The van der Waals surface area contributed by atoms with Crippen LogP contribution in [0.3, 0.4) is 0 Å². The second-order valence-electron chi connectivity index (χ2n) is 10.4. The highest BCUT2D eigenvalue weighted by Crippen LogP contribution is 2.45. The topological polar surface area (TPSA) is 59.3 Å². The van der Waals surface area contributed by atoms with Gasteiger partial charge in [0.05, 0.1) is 34.1 Å². The van der Waals surface area contributed by atoms with E-state index < -0.39 is 29.1 Å². The lowest BCUT2D eigenvalue weighted by atomic mass is 9.77. The number of fused-ring (bicyclic) bond motifs is 1. The molecule has 37 heavy (non-hydrogen) atoms. The van der Waals surface area contributed by atoms with Crippen molar-refractivity contribution in [3.05, 3.63) is 59.4 Å². The minimum Gasteiger partial charge on any atom is -0.492 e. The summed E-state index contributed by atoms with van der Waals surface area (Å²) in [6.45, 7) is 2.37. The van der Waals surface area contributed by atoms with Crippen molar-refractivity contribution in [1.29, 1.82) is 0 Å².